The number of carbonyl (C=O) groups excluding carboxylic acids is 1. The van der Waals surface area contributed by atoms with E-state index in [9.17, 15) is 9.90 Å². The molecule has 1 aliphatic heterocycles. The molecule has 0 bridgehead atoms. The molecule has 2 atom stereocenters. The van der Waals surface area contributed by atoms with Crippen LogP contribution in [0.15, 0.2) is 0 Å². The first-order valence-corrected chi connectivity index (χ1v) is 6.22. The van der Waals surface area contributed by atoms with Crippen LogP contribution >= 0.6 is 0 Å². The number of hydrogen-bond acceptors (Lipinski definition) is 4. The zero-order chi connectivity index (χ0) is 12.7. The number of ether oxygens (including phenoxy) is 1. The van der Waals surface area contributed by atoms with Gasteiger partial charge < -0.3 is 20.5 Å². The molecule has 2 unspecified atom stereocenters. The van der Waals surface area contributed by atoms with Crippen LogP contribution < -0.4 is 10.6 Å². The molecule has 0 radical (unpaired) electrons. The molecule has 0 aromatic heterocycles. The molecule has 0 saturated carbocycles. The summed E-state index contributed by atoms with van der Waals surface area (Å²) in [6.07, 6.45) is 2.13. The number of rotatable bonds is 7. The Balaban J connectivity index is 2.17. The average Bonchev–Trinajstić information content (AvgIpc) is 2.77. The Labute approximate surface area is 103 Å². The molecule has 17 heavy (non-hydrogen) atoms. The molecule has 5 heteroatoms. The summed E-state index contributed by atoms with van der Waals surface area (Å²) >= 11 is 0. The van der Waals surface area contributed by atoms with E-state index in [-0.39, 0.29) is 12.5 Å². The molecular weight excluding hydrogens is 220 g/mol. The van der Waals surface area contributed by atoms with Crippen LogP contribution in [-0.4, -0.2) is 50.0 Å². The molecule has 0 aromatic carbocycles. The van der Waals surface area contributed by atoms with Crippen molar-refractivity contribution in [2.24, 2.45) is 5.92 Å². The maximum absolute atomic E-state index is 11.6. The van der Waals surface area contributed by atoms with Gasteiger partial charge in [-0.3, -0.25) is 4.79 Å². The smallest absolute Gasteiger partial charge is 0.220 e. The van der Waals surface area contributed by atoms with Crippen LogP contribution in [0.5, 0.6) is 0 Å². The van der Waals surface area contributed by atoms with E-state index in [0.29, 0.717) is 25.4 Å². The summed E-state index contributed by atoms with van der Waals surface area (Å²) < 4.78 is 4.91. The van der Waals surface area contributed by atoms with Crippen molar-refractivity contribution in [3.63, 3.8) is 0 Å². The fraction of sp³-hybridized carbons (Fsp3) is 0.917. The second kappa shape index (κ2) is 6.93. The Morgan fingerprint density at radius 3 is 3.00 bits per heavy atom. The molecule has 1 heterocycles. The monoisotopic (exact) mass is 244 g/mol. The number of hydrogen-bond donors (Lipinski definition) is 3. The van der Waals surface area contributed by atoms with E-state index in [1.807, 2.05) is 0 Å². The summed E-state index contributed by atoms with van der Waals surface area (Å²) in [6.45, 7) is 4.42. The first-order chi connectivity index (χ1) is 8.03. The number of methoxy groups -OCH3 is 1. The van der Waals surface area contributed by atoms with Crippen molar-refractivity contribution < 1.29 is 14.6 Å². The largest absolute Gasteiger partial charge is 0.388 e. The summed E-state index contributed by atoms with van der Waals surface area (Å²) in [6, 6.07) is 0. The maximum atomic E-state index is 11.6. The van der Waals surface area contributed by atoms with E-state index in [1.54, 1.807) is 14.0 Å². The minimum atomic E-state index is -0.889. The lowest BCUT2D eigenvalue weighted by Gasteiger charge is -2.23. The lowest BCUT2D eigenvalue weighted by Crippen LogP contribution is -2.41. The van der Waals surface area contributed by atoms with Crippen molar-refractivity contribution in [2.75, 3.05) is 33.4 Å². The summed E-state index contributed by atoms with van der Waals surface area (Å²) in [4.78, 5) is 11.6. The third-order valence-corrected chi connectivity index (χ3v) is 3.15. The lowest BCUT2D eigenvalue weighted by molar-refractivity contribution is -0.123. The van der Waals surface area contributed by atoms with Crippen LogP contribution in [0.2, 0.25) is 0 Å². The fourth-order valence-electron chi connectivity index (χ4n) is 1.92. The maximum Gasteiger partial charge on any atom is 0.220 e. The van der Waals surface area contributed by atoms with Gasteiger partial charge in [0.1, 0.15) is 0 Å². The first-order valence-electron chi connectivity index (χ1n) is 6.22. The van der Waals surface area contributed by atoms with Gasteiger partial charge in [0.05, 0.1) is 5.60 Å². The molecule has 1 aliphatic rings. The number of nitrogens with one attached hydrogen (secondary N) is 2. The van der Waals surface area contributed by atoms with E-state index < -0.39 is 5.60 Å². The van der Waals surface area contributed by atoms with Crippen LogP contribution in [0.3, 0.4) is 0 Å². The van der Waals surface area contributed by atoms with Gasteiger partial charge in [0.15, 0.2) is 0 Å². The molecule has 0 aliphatic carbocycles. The van der Waals surface area contributed by atoms with Gasteiger partial charge in [0.25, 0.3) is 0 Å². The Hall–Kier alpha value is -0.650. The van der Waals surface area contributed by atoms with Crippen LogP contribution in [0.25, 0.3) is 0 Å². The third kappa shape index (κ3) is 6.00. The molecular formula is C12H24N2O3. The summed E-state index contributed by atoms with van der Waals surface area (Å²) in [5, 5.41) is 16.0. The Morgan fingerprint density at radius 2 is 2.41 bits per heavy atom. The topological polar surface area (TPSA) is 70.6 Å². The van der Waals surface area contributed by atoms with Gasteiger partial charge in [-0.1, -0.05) is 0 Å². The quantitative estimate of drug-likeness (QED) is 0.584. The highest BCUT2D eigenvalue weighted by molar-refractivity contribution is 5.76. The van der Waals surface area contributed by atoms with Gasteiger partial charge >= 0.3 is 0 Å². The van der Waals surface area contributed by atoms with Crippen LogP contribution in [0.4, 0.5) is 0 Å². The number of aliphatic hydroxyl groups is 1. The van der Waals surface area contributed by atoms with Crippen molar-refractivity contribution in [1.29, 1.82) is 0 Å². The van der Waals surface area contributed by atoms with E-state index in [1.165, 1.54) is 0 Å². The summed E-state index contributed by atoms with van der Waals surface area (Å²) in [5.41, 5.74) is -0.889. The Kier molecular flexibility index (Phi) is 5.88. The Bertz CT molecular complexity index is 238. The van der Waals surface area contributed by atoms with Gasteiger partial charge in [-0.25, -0.2) is 0 Å². The van der Waals surface area contributed by atoms with Gasteiger partial charge in [-0.15, -0.1) is 0 Å². The van der Waals surface area contributed by atoms with Gasteiger partial charge in [-0.05, 0) is 32.4 Å². The zero-order valence-corrected chi connectivity index (χ0v) is 10.8. The zero-order valence-electron chi connectivity index (χ0n) is 10.8. The highest BCUT2D eigenvalue weighted by Crippen LogP contribution is 2.12. The van der Waals surface area contributed by atoms with Crippen molar-refractivity contribution in [2.45, 2.75) is 31.8 Å². The molecule has 5 nitrogen and oxygen atoms in total. The number of carbonyl (C=O) groups is 1. The van der Waals surface area contributed by atoms with E-state index in [4.69, 9.17) is 4.74 Å². The summed E-state index contributed by atoms with van der Waals surface area (Å²) in [5.74, 6) is 0.468. The molecule has 1 amide bonds. The van der Waals surface area contributed by atoms with Crippen LogP contribution in [-0.2, 0) is 9.53 Å². The molecule has 0 spiro atoms. The second-order valence-corrected chi connectivity index (χ2v) is 5.08. The van der Waals surface area contributed by atoms with Crippen LogP contribution in [0.1, 0.15) is 26.2 Å². The predicted octanol–water partition coefficient (Wildman–Crippen LogP) is -0.110. The van der Waals surface area contributed by atoms with Crippen molar-refractivity contribution in [3.05, 3.63) is 0 Å². The highest BCUT2D eigenvalue weighted by atomic mass is 16.5. The molecule has 1 fully saturated rings. The Morgan fingerprint density at radius 1 is 1.65 bits per heavy atom. The first kappa shape index (κ1) is 14.4. The SMILES string of the molecule is COCCC(C)(O)CNC(=O)CC1CCNC1. The van der Waals surface area contributed by atoms with Gasteiger partial charge in [-0.2, -0.15) is 0 Å². The van der Waals surface area contributed by atoms with Gasteiger partial charge in [0.2, 0.25) is 5.91 Å². The second-order valence-electron chi connectivity index (χ2n) is 5.08. The standard InChI is InChI=1S/C12H24N2O3/c1-12(16,4-6-17-2)9-14-11(15)7-10-3-5-13-8-10/h10,13,16H,3-9H2,1-2H3,(H,14,15). The third-order valence-electron chi connectivity index (χ3n) is 3.15. The average molecular weight is 244 g/mol. The molecule has 1 saturated heterocycles. The van der Waals surface area contributed by atoms with Crippen LogP contribution in [0, 0.1) is 5.92 Å². The lowest BCUT2D eigenvalue weighted by atomic mass is 10.0. The van der Waals surface area contributed by atoms with E-state index >= 15 is 0 Å². The molecule has 1 rings (SSSR count). The van der Waals surface area contributed by atoms with Crippen molar-refractivity contribution >= 4 is 5.91 Å². The molecule has 3 N–H and O–H groups in total. The minimum Gasteiger partial charge on any atom is -0.388 e. The minimum absolute atomic E-state index is 0.0244. The van der Waals surface area contributed by atoms with Gasteiger partial charge in [0, 0.05) is 33.1 Å². The normalized spacial score (nSPS) is 23.4. The predicted molar refractivity (Wildman–Crippen MR) is 65.7 cm³/mol. The van der Waals surface area contributed by atoms with Crippen molar-refractivity contribution in [3.8, 4) is 0 Å². The fourth-order valence-corrected chi connectivity index (χ4v) is 1.92. The van der Waals surface area contributed by atoms with E-state index in [2.05, 4.69) is 10.6 Å². The van der Waals surface area contributed by atoms with E-state index in [0.717, 1.165) is 19.5 Å². The van der Waals surface area contributed by atoms with Crippen molar-refractivity contribution in [1.82, 2.24) is 10.6 Å². The molecule has 100 valence electrons. The molecule has 0 aromatic rings. The summed E-state index contributed by atoms with van der Waals surface area (Å²) in [7, 11) is 1.60. The highest BCUT2D eigenvalue weighted by Gasteiger charge is 2.22. The number of amides is 1.